The van der Waals surface area contributed by atoms with Crippen molar-refractivity contribution in [2.75, 3.05) is 5.73 Å². The van der Waals surface area contributed by atoms with E-state index in [0.717, 1.165) is 24.2 Å². The summed E-state index contributed by atoms with van der Waals surface area (Å²) in [5.74, 6) is 0.795. The van der Waals surface area contributed by atoms with Crippen molar-refractivity contribution in [2.24, 2.45) is 0 Å². The highest BCUT2D eigenvalue weighted by Crippen LogP contribution is 2.42. The number of halogens is 1. The molecule has 1 fully saturated rings. The minimum atomic E-state index is -0.288. The van der Waals surface area contributed by atoms with Crippen LogP contribution in [0.25, 0.3) is 5.65 Å². The van der Waals surface area contributed by atoms with Gasteiger partial charge in [0.2, 0.25) is 0 Å². The number of nitrogen functional groups attached to an aromatic ring is 1. The van der Waals surface area contributed by atoms with E-state index in [1.165, 1.54) is 12.3 Å². The van der Waals surface area contributed by atoms with Crippen molar-refractivity contribution in [3.8, 4) is 0 Å². The number of hydrogen-bond donors (Lipinski definition) is 1. The van der Waals surface area contributed by atoms with Gasteiger partial charge < -0.3 is 5.73 Å². The molecule has 0 atom stereocenters. The summed E-state index contributed by atoms with van der Waals surface area (Å²) in [6, 6.07) is 3.05. The van der Waals surface area contributed by atoms with Crippen molar-refractivity contribution in [2.45, 2.75) is 18.8 Å². The smallest absolute Gasteiger partial charge is 0.140 e. The average molecular weight is 191 g/mol. The summed E-state index contributed by atoms with van der Waals surface area (Å²) in [6.45, 7) is 0. The van der Waals surface area contributed by atoms with E-state index < -0.39 is 0 Å². The summed E-state index contributed by atoms with van der Waals surface area (Å²) < 4.78 is 14.6. The molecule has 0 aliphatic heterocycles. The predicted octanol–water partition coefficient (Wildman–Crippen LogP) is 1.93. The second-order valence-electron chi connectivity index (χ2n) is 3.73. The minimum absolute atomic E-state index is 0.288. The lowest BCUT2D eigenvalue weighted by Gasteiger charge is -1.96. The second-order valence-corrected chi connectivity index (χ2v) is 3.73. The zero-order valence-corrected chi connectivity index (χ0v) is 7.57. The van der Waals surface area contributed by atoms with Gasteiger partial charge in [-0.1, -0.05) is 0 Å². The van der Waals surface area contributed by atoms with Crippen LogP contribution in [0.3, 0.4) is 0 Å². The van der Waals surface area contributed by atoms with Gasteiger partial charge in [0.25, 0.3) is 0 Å². The lowest BCUT2D eigenvalue weighted by Crippen LogP contribution is -1.95. The highest BCUT2D eigenvalue weighted by Gasteiger charge is 2.29. The molecule has 0 radical (unpaired) electrons. The normalized spacial score (nSPS) is 16.4. The first-order valence-corrected chi connectivity index (χ1v) is 4.68. The van der Waals surface area contributed by atoms with Crippen LogP contribution in [0.4, 0.5) is 10.2 Å². The van der Waals surface area contributed by atoms with E-state index in [4.69, 9.17) is 5.73 Å². The maximum Gasteiger partial charge on any atom is 0.140 e. The van der Waals surface area contributed by atoms with Gasteiger partial charge in [0, 0.05) is 12.1 Å². The van der Waals surface area contributed by atoms with Gasteiger partial charge in [-0.3, -0.25) is 4.40 Å². The Morgan fingerprint density at radius 2 is 2.21 bits per heavy atom. The molecular weight excluding hydrogens is 181 g/mol. The average Bonchev–Trinajstić information content (AvgIpc) is 2.95. The van der Waals surface area contributed by atoms with E-state index in [1.54, 1.807) is 10.5 Å². The van der Waals surface area contributed by atoms with Crippen LogP contribution in [0.2, 0.25) is 0 Å². The fourth-order valence-corrected chi connectivity index (χ4v) is 1.71. The molecule has 0 aromatic carbocycles. The SMILES string of the molecule is Nc1c(C2CC2)nc2ccc(F)cn12. The topological polar surface area (TPSA) is 43.3 Å². The summed E-state index contributed by atoms with van der Waals surface area (Å²) in [4.78, 5) is 4.39. The number of aromatic nitrogens is 2. The summed E-state index contributed by atoms with van der Waals surface area (Å²) in [5, 5.41) is 0. The van der Waals surface area contributed by atoms with E-state index in [9.17, 15) is 4.39 Å². The Morgan fingerprint density at radius 3 is 2.93 bits per heavy atom. The second kappa shape index (κ2) is 2.47. The largest absolute Gasteiger partial charge is 0.383 e. The van der Waals surface area contributed by atoms with Gasteiger partial charge >= 0.3 is 0 Å². The Bertz CT molecular complexity index is 499. The summed E-state index contributed by atoms with van der Waals surface area (Å²) in [5.41, 5.74) is 7.54. The molecule has 0 amide bonds. The molecule has 0 bridgehead atoms. The fourth-order valence-electron chi connectivity index (χ4n) is 1.71. The van der Waals surface area contributed by atoms with Gasteiger partial charge in [0.15, 0.2) is 0 Å². The third-order valence-electron chi connectivity index (χ3n) is 2.61. The minimum Gasteiger partial charge on any atom is -0.383 e. The fraction of sp³-hybridized carbons (Fsp3) is 0.300. The van der Waals surface area contributed by atoms with E-state index in [-0.39, 0.29) is 5.82 Å². The summed E-state index contributed by atoms with van der Waals surface area (Å²) in [7, 11) is 0. The van der Waals surface area contributed by atoms with Crippen molar-refractivity contribution in [3.63, 3.8) is 0 Å². The molecule has 3 nitrogen and oxygen atoms in total. The maximum atomic E-state index is 12.9. The van der Waals surface area contributed by atoms with Crippen LogP contribution in [0.5, 0.6) is 0 Å². The number of fused-ring (bicyclic) bond motifs is 1. The Kier molecular flexibility index (Phi) is 1.37. The van der Waals surface area contributed by atoms with Crippen molar-refractivity contribution in [1.82, 2.24) is 9.38 Å². The zero-order chi connectivity index (χ0) is 9.71. The number of anilines is 1. The number of hydrogen-bond acceptors (Lipinski definition) is 2. The highest BCUT2D eigenvalue weighted by atomic mass is 19.1. The number of nitrogens with two attached hydrogens (primary N) is 1. The van der Waals surface area contributed by atoms with Gasteiger partial charge in [0.1, 0.15) is 17.3 Å². The lowest BCUT2D eigenvalue weighted by atomic mass is 10.3. The van der Waals surface area contributed by atoms with E-state index >= 15 is 0 Å². The van der Waals surface area contributed by atoms with Crippen LogP contribution in [0.1, 0.15) is 24.5 Å². The first kappa shape index (κ1) is 7.79. The van der Waals surface area contributed by atoms with Crippen LogP contribution >= 0.6 is 0 Å². The third kappa shape index (κ3) is 0.999. The molecule has 4 heteroatoms. The van der Waals surface area contributed by atoms with Crippen LogP contribution in [0.15, 0.2) is 18.3 Å². The molecule has 1 saturated carbocycles. The van der Waals surface area contributed by atoms with Crippen molar-refractivity contribution in [3.05, 3.63) is 29.8 Å². The predicted molar refractivity (Wildman–Crippen MR) is 51.5 cm³/mol. The Labute approximate surface area is 80.4 Å². The molecule has 72 valence electrons. The first-order chi connectivity index (χ1) is 6.75. The zero-order valence-electron chi connectivity index (χ0n) is 7.57. The first-order valence-electron chi connectivity index (χ1n) is 4.68. The lowest BCUT2D eigenvalue weighted by molar-refractivity contribution is 0.619. The van der Waals surface area contributed by atoms with Gasteiger partial charge in [-0.05, 0) is 25.0 Å². The highest BCUT2D eigenvalue weighted by molar-refractivity contribution is 5.54. The molecule has 3 rings (SSSR count). The Morgan fingerprint density at radius 1 is 1.43 bits per heavy atom. The molecule has 14 heavy (non-hydrogen) atoms. The Hall–Kier alpha value is -1.58. The molecule has 0 unspecified atom stereocenters. The molecule has 2 heterocycles. The van der Waals surface area contributed by atoms with Gasteiger partial charge in [-0.15, -0.1) is 0 Å². The van der Waals surface area contributed by atoms with E-state index in [2.05, 4.69) is 4.98 Å². The molecule has 1 aliphatic rings. The van der Waals surface area contributed by atoms with Gasteiger partial charge in [-0.2, -0.15) is 0 Å². The number of nitrogens with zero attached hydrogens (tertiary/aromatic N) is 2. The third-order valence-corrected chi connectivity index (χ3v) is 2.61. The van der Waals surface area contributed by atoms with Crippen LogP contribution in [-0.4, -0.2) is 9.38 Å². The van der Waals surface area contributed by atoms with Crippen LogP contribution in [0, 0.1) is 5.82 Å². The van der Waals surface area contributed by atoms with Crippen molar-refractivity contribution in [1.29, 1.82) is 0 Å². The molecule has 0 spiro atoms. The standard InChI is InChI=1S/C10H10FN3/c11-7-3-4-8-13-9(6-1-2-6)10(12)14(8)5-7/h3-6H,1-2,12H2. The van der Waals surface area contributed by atoms with Crippen molar-refractivity contribution < 1.29 is 4.39 Å². The Balaban J connectivity index is 2.29. The van der Waals surface area contributed by atoms with Crippen LogP contribution < -0.4 is 5.73 Å². The molecule has 1 aliphatic carbocycles. The van der Waals surface area contributed by atoms with Crippen molar-refractivity contribution >= 4 is 11.5 Å². The number of pyridine rings is 1. The van der Waals surface area contributed by atoms with Crippen LogP contribution in [-0.2, 0) is 0 Å². The maximum absolute atomic E-state index is 12.9. The molecule has 2 aromatic rings. The van der Waals surface area contributed by atoms with E-state index in [1.807, 2.05) is 0 Å². The van der Waals surface area contributed by atoms with E-state index in [0.29, 0.717) is 11.7 Å². The number of imidazole rings is 1. The van der Waals surface area contributed by atoms with Gasteiger partial charge in [-0.25, -0.2) is 9.37 Å². The molecule has 2 N–H and O–H groups in total. The molecular formula is C10H10FN3. The molecule has 2 aromatic heterocycles. The monoisotopic (exact) mass is 191 g/mol. The number of rotatable bonds is 1. The molecule has 0 saturated heterocycles. The summed E-state index contributed by atoms with van der Waals surface area (Å²) >= 11 is 0. The van der Waals surface area contributed by atoms with Gasteiger partial charge in [0.05, 0.1) is 5.69 Å². The quantitative estimate of drug-likeness (QED) is 0.748. The summed E-state index contributed by atoms with van der Waals surface area (Å²) in [6.07, 6.45) is 3.68.